The quantitative estimate of drug-likeness (QED) is 0.123. The standard InChI is InChI=1S/C32H25F4N5O3/c33-26-10-7-21(8-11-26)31(42)39-15-13-38(14-16-39)20-28-30(23-4-2-6-27(18-23)41(43)44)37-29-12-9-24(19-40(28)29)22-3-1-5-25(17-22)32(34,35)36/h1-12,17-19H,13-16,20H2. The van der Waals surface area contributed by atoms with E-state index in [1.54, 1.807) is 45.8 Å². The van der Waals surface area contributed by atoms with Crippen molar-refractivity contribution >= 4 is 17.2 Å². The second kappa shape index (κ2) is 11.5. The minimum Gasteiger partial charge on any atom is -0.336 e. The molecule has 0 spiro atoms. The van der Waals surface area contributed by atoms with Gasteiger partial charge in [0.2, 0.25) is 0 Å². The maximum atomic E-state index is 13.4. The third kappa shape index (κ3) is 5.88. The molecule has 0 aliphatic carbocycles. The number of halogens is 4. The maximum Gasteiger partial charge on any atom is 0.416 e. The minimum absolute atomic E-state index is 0.0944. The molecule has 3 heterocycles. The number of nitro benzene ring substituents is 1. The molecule has 1 amide bonds. The fourth-order valence-electron chi connectivity index (χ4n) is 5.38. The van der Waals surface area contributed by atoms with Crippen LogP contribution in [0.25, 0.3) is 28.0 Å². The molecule has 224 valence electrons. The van der Waals surface area contributed by atoms with Gasteiger partial charge in [-0.1, -0.05) is 24.3 Å². The van der Waals surface area contributed by atoms with Crippen LogP contribution in [0.2, 0.25) is 0 Å². The first kappa shape index (κ1) is 29.0. The van der Waals surface area contributed by atoms with Gasteiger partial charge in [0.15, 0.2) is 0 Å². The summed E-state index contributed by atoms with van der Waals surface area (Å²) in [4.78, 5) is 32.5. The van der Waals surface area contributed by atoms with E-state index in [4.69, 9.17) is 4.98 Å². The molecule has 1 saturated heterocycles. The van der Waals surface area contributed by atoms with Gasteiger partial charge >= 0.3 is 6.18 Å². The third-order valence-corrected chi connectivity index (χ3v) is 7.70. The maximum absolute atomic E-state index is 13.4. The summed E-state index contributed by atoms with van der Waals surface area (Å²) < 4.78 is 55.4. The van der Waals surface area contributed by atoms with Gasteiger partial charge in [-0.3, -0.25) is 19.8 Å². The van der Waals surface area contributed by atoms with Crippen LogP contribution in [0.15, 0.2) is 91.1 Å². The number of nitro groups is 1. The smallest absolute Gasteiger partial charge is 0.336 e. The highest BCUT2D eigenvalue weighted by molar-refractivity contribution is 5.94. The van der Waals surface area contributed by atoms with E-state index in [9.17, 15) is 32.5 Å². The zero-order valence-electron chi connectivity index (χ0n) is 23.2. The van der Waals surface area contributed by atoms with Crippen LogP contribution in [0.1, 0.15) is 21.6 Å². The summed E-state index contributed by atoms with van der Waals surface area (Å²) in [6.07, 6.45) is -2.77. The number of carbonyl (C=O) groups excluding carboxylic acids is 1. The Morgan fingerprint density at radius 2 is 1.57 bits per heavy atom. The van der Waals surface area contributed by atoms with Crippen molar-refractivity contribution in [1.82, 2.24) is 19.2 Å². The van der Waals surface area contributed by atoms with Crippen LogP contribution >= 0.6 is 0 Å². The zero-order valence-corrected chi connectivity index (χ0v) is 23.2. The molecule has 12 heteroatoms. The average molecular weight is 604 g/mol. The number of non-ortho nitro benzene ring substituents is 1. The first-order chi connectivity index (χ1) is 21.1. The number of hydrogen-bond donors (Lipinski definition) is 0. The predicted molar refractivity (Wildman–Crippen MR) is 155 cm³/mol. The van der Waals surface area contributed by atoms with Crippen LogP contribution in [0, 0.1) is 15.9 Å². The van der Waals surface area contributed by atoms with E-state index in [0.717, 1.165) is 12.1 Å². The van der Waals surface area contributed by atoms with Crippen molar-refractivity contribution < 1.29 is 27.3 Å². The number of carbonyl (C=O) groups is 1. The van der Waals surface area contributed by atoms with Crippen LogP contribution < -0.4 is 0 Å². The van der Waals surface area contributed by atoms with Crippen molar-refractivity contribution in [2.45, 2.75) is 12.7 Å². The number of rotatable bonds is 6. The lowest BCUT2D eigenvalue weighted by Gasteiger charge is -2.34. The molecule has 8 nitrogen and oxygen atoms in total. The molecule has 0 atom stereocenters. The van der Waals surface area contributed by atoms with Crippen LogP contribution in [0.3, 0.4) is 0 Å². The van der Waals surface area contributed by atoms with Gasteiger partial charge in [-0.25, -0.2) is 9.37 Å². The van der Waals surface area contributed by atoms with E-state index in [-0.39, 0.29) is 11.6 Å². The Balaban J connectivity index is 1.34. The van der Waals surface area contributed by atoms with Crippen LogP contribution in [0.5, 0.6) is 0 Å². The van der Waals surface area contributed by atoms with E-state index in [1.165, 1.54) is 42.5 Å². The van der Waals surface area contributed by atoms with Crippen molar-refractivity contribution in [2.75, 3.05) is 26.2 Å². The van der Waals surface area contributed by atoms with Gasteiger partial charge in [0.25, 0.3) is 11.6 Å². The highest BCUT2D eigenvalue weighted by atomic mass is 19.4. The Bertz CT molecular complexity index is 1860. The number of piperazine rings is 1. The Morgan fingerprint density at radius 1 is 0.864 bits per heavy atom. The fraction of sp³-hybridized carbons (Fsp3) is 0.188. The van der Waals surface area contributed by atoms with Crippen molar-refractivity contribution in [2.24, 2.45) is 0 Å². The summed E-state index contributed by atoms with van der Waals surface area (Å²) >= 11 is 0. The van der Waals surface area contributed by atoms with E-state index in [1.807, 2.05) is 0 Å². The normalized spacial score (nSPS) is 14.2. The number of pyridine rings is 1. The summed E-state index contributed by atoms with van der Waals surface area (Å²) in [5.41, 5.74) is 2.75. The summed E-state index contributed by atoms with van der Waals surface area (Å²) in [5, 5.41) is 11.5. The minimum atomic E-state index is -4.49. The highest BCUT2D eigenvalue weighted by Crippen LogP contribution is 2.34. The fourth-order valence-corrected chi connectivity index (χ4v) is 5.38. The Labute approximate surface area is 248 Å². The SMILES string of the molecule is O=C(c1ccc(F)cc1)N1CCN(Cc2c(-c3cccc([N+](=O)[O-])c3)nc3ccc(-c4cccc(C(F)(F)F)c4)cn23)CC1. The number of hydrogen-bond acceptors (Lipinski definition) is 5. The molecule has 0 unspecified atom stereocenters. The molecule has 5 aromatic rings. The lowest BCUT2D eigenvalue weighted by Crippen LogP contribution is -2.48. The van der Waals surface area contributed by atoms with Gasteiger partial charge in [-0.05, 0) is 59.7 Å². The first-order valence-corrected chi connectivity index (χ1v) is 13.8. The van der Waals surface area contributed by atoms with Crippen LogP contribution in [0.4, 0.5) is 23.2 Å². The summed E-state index contributed by atoms with van der Waals surface area (Å²) in [6.45, 7) is 2.25. The molecule has 0 radical (unpaired) electrons. The van der Waals surface area contributed by atoms with Gasteiger partial charge in [-0.15, -0.1) is 0 Å². The van der Waals surface area contributed by atoms with Crippen LogP contribution in [-0.2, 0) is 12.7 Å². The van der Waals surface area contributed by atoms with E-state index >= 15 is 0 Å². The third-order valence-electron chi connectivity index (χ3n) is 7.70. The topological polar surface area (TPSA) is 84.0 Å². The molecule has 6 rings (SSSR count). The number of nitrogens with zero attached hydrogens (tertiary/aromatic N) is 5. The van der Waals surface area contributed by atoms with Crippen molar-refractivity contribution in [3.05, 3.63) is 124 Å². The van der Waals surface area contributed by atoms with E-state index < -0.39 is 22.5 Å². The van der Waals surface area contributed by atoms with Gasteiger partial charge in [0.05, 0.1) is 21.9 Å². The van der Waals surface area contributed by atoms with Gasteiger partial charge in [-0.2, -0.15) is 13.2 Å². The molecular weight excluding hydrogens is 578 g/mol. The van der Waals surface area contributed by atoms with Gasteiger partial charge < -0.3 is 9.30 Å². The second-order valence-corrected chi connectivity index (χ2v) is 10.5. The average Bonchev–Trinajstić information content (AvgIpc) is 3.38. The molecule has 1 fully saturated rings. The number of amides is 1. The zero-order chi connectivity index (χ0) is 31.0. The number of benzene rings is 3. The van der Waals surface area contributed by atoms with E-state index in [2.05, 4.69) is 4.90 Å². The predicted octanol–water partition coefficient (Wildman–Crippen LogP) is 6.69. The van der Waals surface area contributed by atoms with Gasteiger partial charge in [0, 0.05) is 62.2 Å². The first-order valence-electron chi connectivity index (χ1n) is 13.8. The highest BCUT2D eigenvalue weighted by Gasteiger charge is 2.30. The molecule has 1 aliphatic heterocycles. The van der Waals surface area contributed by atoms with E-state index in [0.29, 0.717) is 72.0 Å². The molecule has 0 N–H and O–H groups in total. The Morgan fingerprint density at radius 3 is 2.27 bits per heavy atom. The van der Waals surface area contributed by atoms with Crippen molar-refractivity contribution in [3.8, 4) is 22.4 Å². The van der Waals surface area contributed by atoms with Crippen LogP contribution in [-0.4, -0.2) is 56.2 Å². The van der Waals surface area contributed by atoms with Crippen molar-refractivity contribution in [1.29, 1.82) is 0 Å². The summed E-state index contributed by atoms with van der Waals surface area (Å²) in [6, 6.07) is 20.0. The van der Waals surface area contributed by atoms with Gasteiger partial charge in [0.1, 0.15) is 11.5 Å². The Kier molecular flexibility index (Phi) is 7.60. The summed E-state index contributed by atoms with van der Waals surface area (Å²) in [7, 11) is 0. The summed E-state index contributed by atoms with van der Waals surface area (Å²) in [5.74, 6) is -0.613. The Hall–Kier alpha value is -5.10. The number of alkyl halides is 3. The lowest BCUT2D eigenvalue weighted by atomic mass is 10.0. The number of aromatic nitrogens is 2. The molecule has 2 aromatic heterocycles. The number of fused-ring (bicyclic) bond motifs is 1. The largest absolute Gasteiger partial charge is 0.416 e. The molecule has 1 aliphatic rings. The lowest BCUT2D eigenvalue weighted by molar-refractivity contribution is -0.384. The second-order valence-electron chi connectivity index (χ2n) is 10.5. The monoisotopic (exact) mass is 603 g/mol. The molecular formula is C32H25F4N5O3. The molecule has 44 heavy (non-hydrogen) atoms. The number of imidazole rings is 1. The van der Waals surface area contributed by atoms with Crippen molar-refractivity contribution in [3.63, 3.8) is 0 Å². The molecule has 3 aromatic carbocycles. The molecule has 0 saturated carbocycles. The molecule has 0 bridgehead atoms.